The van der Waals surface area contributed by atoms with Gasteiger partial charge in [0.05, 0.1) is 12.9 Å². The molecule has 0 bridgehead atoms. The van der Waals surface area contributed by atoms with Crippen LogP contribution in [0, 0.1) is 5.82 Å². The first-order valence-corrected chi connectivity index (χ1v) is 10.4. The van der Waals surface area contributed by atoms with Crippen LogP contribution in [-0.4, -0.2) is 20.4 Å². The molecule has 0 aliphatic rings. The normalized spacial score (nSPS) is 10.9. The molecule has 0 saturated carbocycles. The quantitative estimate of drug-likeness (QED) is 0.412. The zero-order valence-electron chi connectivity index (χ0n) is 17.5. The number of pyridine rings is 1. The highest BCUT2D eigenvalue weighted by Gasteiger charge is 2.18. The first-order valence-electron chi connectivity index (χ1n) is 10.4. The van der Waals surface area contributed by atoms with Gasteiger partial charge in [-0.1, -0.05) is 48.5 Å². The third-order valence-corrected chi connectivity index (χ3v) is 5.38. The van der Waals surface area contributed by atoms with Gasteiger partial charge in [-0.05, 0) is 47.3 Å². The number of hydrogen-bond acceptors (Lipinski definition) is 3. The Hall–Kier alpha value is -4.52. The summed E-state index contributed by atoms with van der Waals surface area (Å²) in [5.41, 5.74) is 1.98. The molecule has 0 unspecified atom stereocenters. The number of aromatic amines is 1. The molecule has 1 amide bonds. The number of halogens is 1. The minimum atomic E-state index is -0.476. The lowest BCUT2D eigenvalue weighted by atomic mass is 10.1. The van der Waals surface area contributed by atoms with E-state index in [1.165, 1.54) is 12.1 Å². The Bertz CT molecular complexity index is 1510. The highest BCUT2D eigenvalue weighted by atomic mass is 19.1. The predicted molar refractivity (Wildman–Crippen MR) is 126 cm³/mol. The second-order valence-corrected chi connectivity index (χ2v) is 7.62. The molecular weight excluding hydrogens is 419 g/mol. The Kier molecular flexibility index (Phi) is 5.28. The molecule has 6 nitrogen and oxygen atoms in total. The average molecular weight is 438 g/mol. The standard InChI is InChI=1S/C26H19FN4O2/c27-20-12-10-18(11-13-20)23-24(31(16-28-23)15-17-6-2-1-3-7-17)30-26(33)22-14-19-8-4-5-9-21(19)25(32)29-22/h1-14,16H,15H2,(H,29,32)(H,30,33). The number of hydrogen-bond donors (Lipinski definition) is 2. The van der Waals surface area contributed by atoms with Crippen LogP contribution in [0.3, 0.4) is 0 Å². The maximum atomic E-state index is 13.5. The van der Waals surface area contributed by atoms with Crippen LogP contribution in [0.5, 0.6) is 0 Å². The van der Waals surface area contributed by atoms with Crippen molar-refractivity contribution in [3.05, 3.63) is 119 Å². The summed E-state index contributed by atoms with van der Waals surface area (Å²) in [6.45, 7) is 0.471. The van der Waals surface area contributed by atoms with Crippen molar-refractivity contribution >= 4 is 22.5 Å². The number of imidazole rings is 1. The first kappa shape index (κ1) is 20.4. The smallest absolute Gasteiger partial charge is 0.273 e. The van der Waals surface area contributed by atoms with Crippen LogP contribution in [0.25, 0.3) is 22.0 Å². The van der Waals surface area contributed by atoms with E-state index < -0.39 is 5.91 Å². The number of fused-ring (bicyclic) bond motifs is 1. The highest BCUT2D eigenvalue weighted by Crippen LogP contribution is 2.28. The van der Waals surface area contributed by atoms with Crippen LogP contribution in [0.15, 0.2) is 96.1 Å². The van der Waals surface area contributed by atoms with Gasteiger partial charge in [-0.25, -0.2) is 9.37 Å². The number of rotatable bonds is 5. The van der Waals surface area contributed by atoms with Gasteiger partial charge in [-0.3, -0.25) is 9.59 Å². The van der Waals surface area contributed by atoms with Crippen LogP contribution >= 0.6 is 0 Å². The fourth-order valence-corrected chi connectivity index (χ4v) is 3.74. The van der Waals surface area contributed by atoms with E-state index in [1.54, 1.807) is 42.7 Å². The number of benzene rings is 3. The molecule has 0 saturated heterocycles. The molecule has 0 aliphatic carbocycles. The second-order valence-electron chi connectivity index (χ2n) is 7.62. The monoisotopic (exact) mass is 438 g/mol. The van der Waals surface area contributed by atoms with Crippen molar-refractivity contribution in [3.8, 4) is 11.3 Å². The van der Waals surface area contributed by atoms with Crippen molar-refractivity contribution < 1.29 is 9.18 Å². The Morgan fingerprint density at radius 1 is 0.970 bits per heavy atom. The fraction of sp³-hybridized carbons (Fsp3) is 0.0385. The molecule has 33 heavy (non-hydrogen) atoms. The van der Waals surface area contributed by atoms with Crippen LogP contribution in [-0.2, 0) is 6.54 Å². The van der Waals surface area contributed by atoms with Crippen LogP contribution in [0.1, 0.15) is 16.1 Å². The summed E-state index contributed by atoms with van der Waals surface area (Å²) in [6, 6.07) is 24.4. The van der Waals surface area contributed by atoms with Crippen LogP contribution < -0.4 is 10.9 Å². The maximum Gasteiger partial charge on any atom is 0.273 e. The van der Waals surface area contributed by atoms with E-state index in [2.05, 4.69) is 15.3 Å². The van der Waals surface area contributed by atoms with Gasteiger partial charge < -0.3 is 14.9 Å². The lowest BCUT2D eigenvalue weighted by Gasteiger charge is -2.12. The number of anilines is 1. The molecule has 2 heterocycles. The van der Waals surface area contributed by atoms with Gasteiger partial charge in [0.15, 0.2) is 0 Å². The Balaban J connectivity index is 1.55. The molecular formula is C26H19FN4O2. The second kappa shape index (κ2) is 8.55. The highest BCUT2D eigenvalue weighted by molar-refractivity contribution is 6.05. The molecule has 7 heteroatoms. The third-order valence-electron chi connectivity index (χ3n) is 5.38. The minimum absolute atomic E-state index is 0.135. The maximum absolute atomic E-state index is 13.5. The lowest BCUT2D eigenvalue weighted by Crippen LogP contribution is -2.21. The molecule has 0 atom stereocenters. The Labute approximate surface area is 188 Å². The number of carbonyl (C=O) groups is 1. The Morgan fingerprint density at radius 3 is 2.48 bits per heavy atom. The molecule has 0 aliphatic heterocycles. The Morgan fingerprint density at radius 2 is 1.70 bits per heavy atom. The van der Waals surface area contributed by atoms with Gasteiger partial charge in [0.2, 0.25) is 0 Å². The van der Waals surface area contributed by atoms with E-state index in [-0.39, 0.29) is 17.1 Å². The van der Waals surface area contributed by atoms with Crippen molar-refractivity contribution in [3.63, 3.8) is 0 Å². The molecule has 0 spiro atoms. The van der Waals surface area contributed by atoms with E-state index >= 15 is 0 Å². The fourth-order valence-electron chi connectivity index (χ4n) is 3.74. The van der Waals surface area contributed by atoms with Crippen LogP contribution in [0.4, 0.5) is 10.2 Å². The molecule has 2 N–H and O–H groups in total. The van der Waals surface area contributed by atoms with Crippen molar-refractivity contribution in [1.82, 2.24) is 14.5 Å². The molecule has 0 radical (unpaired) electrons. The summed E-state index contributed by atoms with van der Waals surface area (Å²) in [5.74, 6) is -0.387. The number of H-pyrrole nitrogens is 1. The first-order chi connectivity index (χ1) is 16.1. The van der Waals surface area contributed by atoms with E-state index in [1.807, 2.05) is 41.0 Å². The van der Waals surface area contributed by atoms with Gasteiger partial charge in [-0.15, -0.1) is 0 Å². The molecule has 2 aromatic heterocycles. The average Bonchev–Trinajstić information content (AvgIpc) is 3.22. The number of amides is 1. The molecule has 3 aromatic carbocycles. The van der Waals surface area contributed by atoms with Crippen molar-refractivity contribution in [2.75, 3.05) is 5.32 Å². The largest absolute Gasteiger partial charge is 0.317 e. The summed E-state index contributed by atoms with van der Waals surface area (Å²) in [5, 5.41) is 4.08. The SMILES string of the molecule is O=C(Nc1c(-c2ccc(F)cc2)ncn1Cc1ccccc1)c1cc2ccccc2c(=O)[nH]1. The lowest BCUT2D eigenvalue weighted by molar-refractivity contribution is 0.102. The van der Waals surface area contributed by atoms with Crippen LogP contribution in [0.2, 0.25) is 0 Å². The third kappa shape index (κ3) is 4.16. The van der Waals surface area contributed by atoms with Gasteiger partial charge in [0, 0.05) is 10.9 Å². The predicted octanol–water partition coefficient (Wildman–Crippen LogP) is 4.83. The van der Waals surface area contributed by atoms with E-state index in [0.717, 1.165) is 5.56 Å². The molecule has 5 aromatic rings. The zero-order chi connectivity index (χ0) is 22.8. The summed E-state index contributed by atoms with van der Waals surface area (Å²) in [4.78, 5) is 32.7. The summed E-state index contributed by atoms with van der Waals surface area (Å²) < 4.78 is 15.3. The van der Waals surface area contributed by atoms with Crippen molar-refractivity contribution in [2.24, 2.45) is 0 Å². The summed E-state index contributed by atoms with van der Waals surface area (Å²) in [7, 11) is 0. The number of carbonyl (C=O) groups excluding carboxylic acids is 1. The molecule has 5 rings (SSSR count). The van der Waals surface area contributed by atoms with Gasteiger partial charge in [-0.2, -0.15) is 0 Å². The van der Waals surface area contributed by atoms with Gasteiger partial charge in [0.1, 0.15) is 23.0 Å². The van der Waals surface area contributed by atoms with E-state index in [9.17, 15) is 14.0 Å². The molecule has 162 valence electrons. The topological polar surface area (TPSA) is 79.8 Å². The van der Waals surface area contributed by atoms with Crippen molar-refractivity contribution in [1.29, 1.82) is 0 Å². The van der Waals surface area contributed by atoms with E-state index in [4.69, 9.17) is 0 Å². The summed E-state index contributed by atoms with van der Waals surface area (Å²) >= 11 is 0. The van der Waals surface area contributed by atoms with Gasteiger partial charge >= 0.3 is 0 Å². The zero-order valence-corrected chi connectivity index (χ0v) is 17.5. The number of nitrogens with zero attached hydrogens (tertiary/aromatic N) is 2. The number of aromatic nitrogens is 3. The summed E-state index contributed by atoms with van der Waals surface area (Å²) in [6.07, 6.45) is 1.63. The minimum Gasteiger partial charge on any atom is -0.317 e. The molecule has 0 fully saturated rings. The number of nitrogens with one attached hydrogen (secondary N) is 2. The van der Waals surface area contributed by atoms with E-state index in [0.29, 0.717) is 34.4 Å². The van der Waals surface area contributed by atoms with Gasteiger partial charge in [0.25, 0.3) is 11.5 Å². The van der Waals surface area contributed by atoms with Crippen molar-refractivity contribution in [2.45, 2.75) is 6.54 Å².